The van der Waals surface area contributed by atoms with Crippen LogP contribution in [-0.4, -0.2) is 17.3 Å². The van der Waals surface area contributed by atoms with E-state index in [0.29, 0.717) is 6.08 Å². The molecule has 0 spiro atoms. The molecule has 0 aliphatic carbocycles. The van der Waals surface area contributed by atoms with E-state index in [2.05, 4.69) is 10.2 Å². The van der Waals surface area contributed by atoms with Gasteiger partial charge in [-0.25, -0.2) is 4.79 Å². The molecule has 0 bridgehead atoms. The number of carboxylic acids is 1. The minimum Gasteiger partial charge on any atom is -0.479 e. The Morgan fingerprint density at radius 2 is 2.18 bits per heavy atom. The van der Waals surface area contributed by atoms with E-state index in [4.69, 9.17) is 5.11 Å². The fraction of sp³-hybridized carbons (Fsp3) is 0.222. The van der Waals surface area contributed by atoms with Crippen LogP contribution in [0.4, 0.5) is 13.2 Å². The van der Waals surface area contributed by atoms with Crippen molar-refractivity contribution in [1.29, 1.82) is 0 Å². The third-order valence-electron chi connectivity index (χ3n) is 2.17. The van der Waals surface area contributed by atoms with Gasteiger partial charge in [0.25, 0.3) is 0 Å². The molecule has 0 radical (unpaired) electrons. The van der Waals surface area contributed by atoms with Crippen molar-refractivity contribution in [2.75, 3.05) is 0 Å². The Kier molecular flexibility index (Phi) is 2.53. The van der Waals surface area contributed by atoms with Gasteiger partial charge in [0.2, 0.25) is 5.54 Å². The quantitative estimate of drug-likeness (QED) is 0.890. The molecule has 90 valence electrons. The average molecular weight is 262 g/mol. The molecule has 1 aromatic heterocycles. The van der Waals surface area contributed by atoms with Crippen molar-refractivity contribution in [2.45, 2.75) is 11.7 Å². The molecule has 4 nitrogen and oxygen atoms in total. The average Bonchev–Trinajstić information content (AvgIpc) is 2.86. The lowest BCUT2D eigenvalue weighted by molar-refractivity contribution is -0.141. The Morgan fingerprint density at radius 3 is 2.59 bits per heavy atom. The van der Waals surface area contributed by atoms with Gasteiger partial charge in [0.15, 0.2) is 5.70 Å². The van der Waals surface area contributed by atoms with E-state index in [0.717, 1.165) is 11.3 Å². The molecule has 0 saturated carbocycles. The molecular formula is C9H5F3N2O2S. The first-order chi connectivity index (χ1) is 7.86. The first-order valence-corrected chi connectivity index (χ1v) is 5.24. The molecule has 1 unspecified atom stereocenters. The molecule has 2 heterocycles. The maximum atomic E-state index is 12.4. The Balaban J connectivity index is 2.52. The van der Waals surface area contributed by atoms with Crippen molar-refractivity contribution in [3.8, 4) is 0 Å². The number of allylic oxidation sites excluding steroid dienone is 1. The zero-order chi connectivity index (χ0) is 12.7. The van der Waals surface area contributed by atoms with Crippen molar-refractivity contribution < 1.29 is 23.1 Å². The molecule has 0 fully saturated rings. The van der Waals surface area contributed by atoms with Crippen molar-refractivity contribution in [3.05, 3.63) is 34.2 Å². The Hall–Kier alpha value is -1.70. The fourth-order valence-corrected chi connectivity index (χ4v) is 2.18. The summed E-state index contributed by atoms with van der Waals surface area (Å²) in [6.07, 6.45) is -4.17. The van der Waals surface area contributed by atoms with Crippen LogP contribution in [-0.2, 0) is 10.3 Å². The molecule has 0 amide bonds. The number of carboxylic acid groups (broad SMARTS) is 1. The minimum atomic E-state index is -4.70. The predicted molar refractivity (Wildman–Crippen MR) is 52.6 cm³/mol. The molecule has 2 rings (SSSR count). The van der Waals surface area contributed by atoms with E-state index in [1.807, 2.05) is 0 Å². The summed E-state index contributed by atoms with van der Waals surface area (Å²) in [6, 6.07) is 2.95. The second-order valence-electron chi connectivity index (χ2n) is 3.28. The Labute approximate surface area is 97.1 Å². The Bertz CT molecular complexity index is 507. The van der Waals surface area contributed by atoms with Crippen LogP contribution in [0.15, 0.2) is 39.5 Å². The van der Waals surface area contributed by atoms with E-state index >= 15 is 0 Å². The number of azo groups is 1. The van der Waals surface area contributed by atoms with Gasteiger partial charge >= 0.3 is 12.1 Å². The van der Waals surface area contributed by atoms with Gasteiger partial charge in [-0.2, -0.15) is 18.3 Å². The number of thiophene rings is 1. The number of alkyl halides is 3. The summed E-state index contributed by atoms with van der Waals surface area (Å²) in [6.45, 7) is 0. The highest BCUT2D eigenvalue weighted by Crippen LogP contribution is 2.42. The number of hydrogen-bond donors (Lipinski definition) is 1. The van der Waals surface area contributed by atoms with Crippen molar-refractivity contribution in [2.24, 2.45) is 10.2 Å². The highest BCUT2D eigenvalue weighted by atomic mass is 32.1. The van der Waals surface area contributed by atoms with E-state index in [9.17, 15) is 18.0 Å². The van der Waals surface area contributed by atoms with Crippen LogP contribution in [0.25, 0.3) is 0 Å². The monoisotopic (exact) mass is 262 g/mol. The van der Waals surface area contributed by atoms with Crippen LogP contribution in [0.1, 0.15) is 4.88 Å². The SMILES string of the molecule is O=C(O)C1(c2cccs2)C=C(C(F)(F)F)N=N1. The Morgan fingerprint density at radius 1 is 1.47 bits per heavy atom. The van der Waals surface area contributed by atoms with Gasteiger partial charge < -0.3 is 5.11 Å². The lowest BCUT2D eigenvalue weighted by Crippen LogP contribution is -2.29. The molecule has 1 aromatic rings. The molecule has 1 aliphatic heterocycles. The van der Waals surface area contributed by atoms with Gasteiger partial charge in [-0.3, -0.25) is 0 Å². The first-order valence-electron chi connectivity index (χ1n) is 4.36. The van der Waals surface area contributed by atoms with Gasteiger partial charge in [-0.15, -0.1) is 16.5 Å². The number of carbonyl (C=O) groups is 1. The topological polar surface area (TPSA) is 62.0 Å². The van der Waals surface area contributed by atoms with Gasteiger partial charge in [-0.1, -0.05) is 6.07 Å². The van der Waals surface area contributed by atoms with Crippen LogP contribution in [0.3, 0.4) is 0 Å². The third kappa shape index (κ3) is 1.84. The predicted octanol–water partition coefficient (Wildman–Crippen LogP) is 2.94. The van der Waals surface area contributed by atoms with Crippen molar-refractivity contribution in [3.63, 3.8) is 0 Å². The van der Waals surface area contributed by atoms with Crippen LogP contribution in [0.2, 0.25) is 0 Å². The second kappa shape index (κ2) is 3.66. The maximum Gasteiger partial charge on any atom is 0.434 e. The van der Waals surface area contributed by atoms with E-state index in [1.165, 1.54) is 6.07 Å². The first kappa shape index (κ1) is 11.8. The molecular weight excluding hydrogens is 257 g/mol. The summed E-state index contributed by atoms with van der Waals surface area (Å²) < 4.78 is 37.2. The van der Waals surface area contributed by atoms with Crippen molar-refractivity contribution >= 4 is 17.3 Å². The number of aliphatic carboxylic acids is 1. The largest absolute Gasteiger partial charge is 0.479 e. The summed E-state index contributed by atoms with van der Waals surface area (Å²) in [4.78, 5) is 11.3. The van der Waals surface area contributed by atoms with Crippen LogP contribution in [0, 0.1) is 0 Å². The van der Waals surface area contributed by atoms with E-state index < -0.39 is 23.4 Å². The summed E-state index contributed by atoms with van der Waals surface area (Å²) >= 11 is 1.01. The van der Waals surface area contributed by atoms with Crippen LogP contribution >= 0.6 is 11.3 Å². The molecule has 1 atom stereocenters. The van der Waals surface area contributed by atoms with Gasteiger partial charge in [0.05, 0.1) is 0 Å². The molecule has 0 aromatic carbocycles. The van der Waals surface area contributed by atoms with Gasteiger partial charge in [-0.05, 0) is 17.5 Å². The zero-order valence-electron chi connectivity index (χ0n) is 8.10. The van der Waals surface area contributed by atoms with E-state index in [1.54, 1.807) is 11.4 Å². The standard InChI is InChI=1S/C9H5F3N2O2S/c10-9(11,12)5-4-8(7(15)16,14-13-5)6-2-1-3-17-6/h1-4H,(H,15,16). The zero-order valence-corrected chi connectivity index (χ0v) is 8.92. The molecule has 17 heavy (non-hydrogen) atoms. The third-order valence-corrected chi connectivity index (χ3v) is 3.17. The lowest BCUT2D eigenvalue weighted by atomic mass is 9.98. The molecule has 1 N–H and O–H groups in total. The van der Waals surface area contributed by atoms with Gasteiger partial charge in [0, 0.05) is 4.88 Å². The summed E-state index contributed by atoms with van der Waals surface area (Å²) in [5.41, 5.74) is -3.33. The number of nitrogens with zero attached hydrogens (tertiary/aromatic N) is 2. The maximum absolute atomic E-state index is 12.4. The fourth-order valence-electron chi connectivity index (χ4n) is 1.35. The lowest BCUT2D eigenvalue weighted by Gasteiger charge is -2.14. The minimum absolute atomic E-state index is 0.188. The van der Waals surface area contributed by atoms with Gasteiger partial charge in [0.1, 0.15) is 0 Å². The summed E-state index contributed by atoms with van der Waals surface area (Å²) in [5.74, 6) is -1.48. The van der Waals surface area contributed by atoms with Crippen LogP contribution in [0.5, 0.6) is 0 Å². The van der Waals surface area contributed by atoms with Crippen LogP contribution < -0.4 is 0 Å². The number of hydrogen-bond acceptors (Lipinski definition) is 4. The number of halogens is 3. The van der Waals surface area contributed by atoms with E-state index in [-0.39, 0.29) is 4.88 Å². The summed E-state index contributed by atoms with van der Waals surface area (Å²) in [7, 11) is 0. The summed E-state index contributed by atoms with van der Waals surface area (Å²) in [5, 5.41) is 16.8. The highest BCUT2D eigenvalue weighted by molar-refractivity contribution is 7.10. The smallest absolute Gasteiger partial charge is 0.434 e. The highest BCUT2D eigenvalue weighted by Gasteiger charge is 2.49. The van der Waals surface area contributed by atoms with Crippen molar-refractivity contribution in [1.82, 2.24) is 0 Å². The second-order valence-corrected chi connectivity index (χ2v) is 4.22. The molecule has 8 heteroatoms. The normalized spacial score (nSPS) is 23.8. The number of rotatable bonds is 2. The molecule has 0 saturated heterocycles. The molecule has 1 aliphatic rings.